The molecule has 0 N–H and O–H groups in total. The summed E-state index contributed by atoms with van der Waals surface area (Å²) in [6.45, 7) is 4.90. The van der Waals surface area contributed by atoms with E-state index in [0.717, 1.165) is 37.0 Å². The number of nitrogens with zero attached hydrogens (tertiary/aromatic N) is 2. The summed E-state index contributed by atoms with van der Waals surface area (Å²) in [5, 5.41) is 9.00. The molecule has 4 nitrogen and oxygen atoms in total. The third kappa shape index (κ3) is 2.76. The van der Waals surface area contributed by atoms with E-state index < -0.39 is 6.10 Å². The number of hydrogen-bond acceptors (Lipinski definition) is 3. The molecule has 4 aliphatic rings. The first-order chi connectivity index (χ1) is 10.6. The zero-order valence-electron chi connectivity index (χ0n) is 13.9. The molecule has 4 bridgehead atoms. The van der Waals surface area contributed by atoms with E-state index in [1.165, 1.54) is 19.3 Å². The molecule has 4 rings (SSSR count). The van der Waals surface area contributed by atoms with Crippen LogP contribution in [-0.4, -0.2) is 35.6 Å². The minimum absolute atomic E-state index is 0.0219. The molecule has 0 heterocycles. The molecule has 4 aliphatic carbocycles. The zero-order valence-corrected chi connectivity index (χ0v) is 13.9. The Labute approximate surface area is 133 Å². The van der Waals surface area contributed by atoms with Crippen LogP contribution < -0.4 is 0 Å². The molecule has 4 fully saturated rings. The smallest absolute Gasteiger partial charge is 0.251 e. The van der Waals surface area contributed by atoms with Crippen molar-refractivity contribution in [1.29, 1.82) is 5.26 Å². The normalized spacial score (nSPS) is 36.9. The van der Waals surface area contributed by atoms with E-state index in [4.69, 9.17) is 10.00 Å². The van der Waals surface area contributed by atoms with Gasteiger partial charge in [0.25, 0.3) is 5.91 Å². The summed E-state index contributed by atoms with van der Waals surface area (Å²) in [7, 11) is 0. The lowest BCUT2D eigenvalue weighted by atomic mass is 9.52. The van der Waals surface area contributed by atoms with E-state index >= 15 is 0 Å². The van der Waals surface area contributed by atoms with Crippen LogP contribution in [0.1, 0.15) is 58.8 Å². The number of amides is 1. The van der Waals surface area contributed by atoms with Crippen molar-refractivity contribution in [3.05, 3.63) is 0 Å². The predicted molar refractivity (Wildman–Crippen MR) is 83.9 cm³/mol. The fourth-order valence-electron chi connectivity index (χ4n) is 5.68. The Morgan fingerprint density at radius 2 is 1.82 bits per heavy atom. The molecule has 22 heavy (non-hydrogen) atoms. The van der Waals surface area contributed by atoms with Crippen LogP contribution in [0.15, 0.2) is 0 Å². The number of nitriles is 1. The highest BCUT2D eigenvalue weighted by Gasteiger charge is 2.54. The van der Waals surface area contributed by atoms with Crippen LogP contribution in [0.4, 0.5) is 0 Å². The second-order valence-electron chi connectivity index (χ2n) is 7.64. The number of carbonyl (C=O) groups is 1. The molecule has 0 unspecified atom stereocenters. The molecule has 4 heteroatoms. The molecule has 0 aliphatic heterocycles. The Kier molecular flexibility index (Phi) is 4.45. The van der Waals surface area contributed by atoms with Crippen LogP contribution in [0.3, 0.4) is 0 Å². The molecule has 0 aromatic heterocycles. The van der Waals surface area contributed by atoms with Crippen LogP contribution in [0.2, 0.25) is 0 Å². The molecule has 1 amide bonds. The maximum atomic E-state index is 12.9. The lowest BCUT2D eigenvalue weighted by Gasteiger charge is -2.60. The molecule has 0 aromatic carbocycles. The van der Waals surface area contributed by atoms with Crippen molar-refractivity contribution >= 4 is 5.91 Å². The van der Waals surface area contributed by atoms with Gasteiger partial charge < -0.3 is 9.64 Å². The molecule has 0 saturated heterocycles. The van der Waals surface area contributed by atoms with Crippen molar-refractivity contribution in [3.8, 4) is 6.07 Å². The number of hydrogen-bond donors (Lipinski definition) is 0. The van der Waals surface area contributed by atoms with Gasteiger partial charge >= 0.3 is 0 Å². The SMILES string of the molecule is CCO[C@@H](C)C(=O)N(CCC#N)C12CC3CC(CC(C3)C1)C2. The van der Waals surface area contributed by atoms with Gasteiger partial charge in [0.2, 0.25) is 0 Å². The van der Waals surface area contributed by atoms with Gasteiger partial charge in [-0.15, -0.1) is 0 Å². The number of ether oxygens (including phenoxy) is 1. The van der Waals surface area contributed by atoms with Crippen molar-refractivity contribution in [2.75, 3.05) is 13.2 Å². The third-order valence-electron chi connectivity index (χ3n) is 6.06. The zero-order chi connectivity index (χ0) is 15.7. The van der Waals surface area contributed by atoms with E-state index in [1.54, 1.807) is 0 Å². The first-order valence-corrected chi connectivity index (χ1v) is 8.88. The standard InChI is InChI=1S/C18H28N2O2/c1-3-22-13(2)17(21)20(6-4-5-19)18-10-14-7-15(11-18)9-16(8-14)12-18/h13-16H,3-4,6-12H2,1-2H3/t13-,14?,15?,16?,18?/m0/s1. The Morgan fingerprint density at radius 3 is 2.27 bits per heavy atom. The van der Waals surface area contributed by atoms with Gasteiger partial charge in [0.15, 0.2) is 0 Å². The lowest BCUT2D eigenvalue weighted by molar-refractivity contribution is -0.161. The maximum Gasteiger partial charge on any atom is 0.251 e. The van der Waals surface area contributed by atoms with E-state index in [0.29, 0.717) is 19.6 Å². The van der Waals surface area contributed by atoms with Crippen LogP contribution >= 0.6 is 0 Å². The fourth-order valence-corrected chi connectivity index (χ4v) is 5.68. The van der Waals surface area contributed by atoms with Crippen LogP contribution in [0.5, 0.6) is 0 Å². The Balaban J connectivity index is 1.82. The fraction of sp³-hybridized carbons (Fsp3) is 0.889. The van der Waals surface area contributed by atoms with Gasteiger partial charge in [0.1, 0.15) is 6.10 Å². The molecule has 122 valence electrons. The van der Waals surface area contributed by atoms with Crippen molar-refractivity contribution in [2.45, 2.75) is 70.4 Å². The quantitative estimate of drug-likeness (QED) is 0.757. The molecular formula is C18H28N2O2. The van der Waals surface area contributed by atoms with E-state index in [-0.39, 0.29) is 11.4 Å². The minimum Gasteiger partial charge on any atom is -0.369 e. The first kappa shape index (κ1) is 15.8. The summed E-state index contributed by atoms with van der Waals surface area (Å²) in [6.07, 6.45) is 7.56. The summed E-state index contributed by atoms with van der Waals surface area (Å²) < 4.78 is 5.55. The summed E-state index contributed by atoms with van der Waals surface area (Å²) in [5.41, 5.74) is 0.0219. The second kappa shape index (κ2) is 6.20. The van der Waals surface area contributed by atoms with E-state index in [1.807, 2.05) is 13.8 Å². The summed E-state index contributed by atoms with van der Waals surface area (Å²) in [4.78, 5) is 15.0. The van der Waals surface area contributed by atoms with Gasteiger partial charge in [-0.05, 0) is 70.1 Å². The first-order valence-electron chi connectivity index (χ1n) is 8.88. The van der Waals surface area contributed by atoms with Gasteiger partial charge in [-0.1, -0.05) is 0 Å². The highest BCUT2D eigenvalue weighted by atomic mass is 16.5. The van der Waals surface area contributed by atoms with Gasteiger partial charge in [-0.25, -0.2) is 0 Å². The van der Waals surface area contributed by atoms with Crippen LogP contribution in [-0.2, 0) is 9.53 Å². The van der Waals surface area contributed by atoms with Crippen molar-refractivity contribution in [1.82, 2.24) is 4.90 Å². The van der Waals surface area contributed by atoms with E-state index in [2.05, 4.69) is 11.0 Å². The molecular weight excluding hydrogens is 276 g/mol. The van der Waals surface area contributed by atoms with Gasteiger partial charge in [-0.2, -0.15) is 5.26 Å². The van der Waals surface area contributed by atoms with Crippen molar-refractivity contribution < 1.29 is 9.53 Å². The van der Waals surface area contributed by atoms with Gasteiger partial charge in [0, 0.05) is 18.7 Å². The molecule has 0 spiro atoms. The lowest BCUT2D eigenvalue weighted by Crippen LogP contribution is -2.63. The Bertz CT molecular complexity index is 433. The molecule has 4 saturated carbocycles. The van der Waals surface area contributed by atoms with Crippen LogP contribution in [0, 0.1) is 29.1 Å². The maximum absolute atomic E-state index is 12.9. The highest BCUT2D eigenvalue weighted by Crippen LogP contribution is 2.57. The second-order valence-corrected chi connectivity index (χ2v) is 7.64. The molecule has 0 aromatic rings. The Morgan fingerprint density at radius 1 is 1.27 bits per heavy atom. The molecule has 0 radical (unpaired) electrons. The number of carbonyl (C=O) groups excluding carboxylic acids is 1. The van der Waals surface area contributed by atoms with Crippen molar-refractivity contribution in [2.24, 2.45) is 17.8 Å². The Hall–Kier alpha value is -1.08. The topological polar surface area (TPSA) is 53.3 Å². The highest BCUT2D eigenvalue weighted by molar-refractivity contribution is 5.81. The summed E-state index contributed by atoms with van der Waals surface area (Å²) in [6, 6.07) is 2.22. The van der Waals surface area contributed by atoms with Gasteiger partial charge in [-0.3, -0.25) is 4.79 Å². The average Bonchev–Trinajstić information content (AvgIpc) is 2.46. The number of rotatable bonds is 6. The predicted octanol–water partition coefficient (Wildman–Crippen LogP) is 3.12. The van der Waals surface area contributed by atoms with Crippen molar-refractivity contribution in [3.63, 3.8) is 0 Å². The van der Waals surface area contributed by atoms with E-state index in [9.17, 15) is 4.79 Å². The third-order valence-corrected chi connectivity index (χ3v) is 6.06. The summed E-state index contributed by atoms with van der Waals surface area (Å²) >= 11 is 0. The van der Waals surface area contributed by atoms with Crippen LogP contribution in [0.25, 0.3) is 0 Å². The molecule has 1 atom stereocenters. The minimum atomic E-state index is -0.392. The largest absolute Gasteiger partial charge is 0.369 e. The average molecular weight is 304 g/mol. The monoisotopic (exact) mass is 304 g/mol. The summed E-state index contributed by atoms with van der Waals surface area (Å²) in [5.74, 6) is 2.49. The van der Waals surface area contributed by atoms with Gasteiger partial charge in [0.05, 0.1) is 12.5 Å².